The Hall–Kier alpha value is -0.120. The van der Waals surface area contributed by atoms with Crippen LogP contribution < -0.4 is 5.32 Å². The Bertz CT molecular complexity index is 232. The summed E-state index contributed by atoms with van der Waals surface area (Å²) in [4.78, 5) is 2.73. The lowest BCUT2D eigenvalue weighted by atomic mass is 10.1. The molecule has 1 atom stereocenters. The van der Waals surface area contributed by atoms with Gasteiger partial charge in [-0.25, -0.2) is 0 Å². The lowest BCUT2D eigenvalue weighted by Crippen LogP contribution is -2.36. The number of nitrogens with one attached hydrogen (secondary N) is 1. The summed E-state index contributed by atoms with van der Waals surface area (Å²) in [6.45, 7) is 6.90. The van der Waals surface area contributed by atoms with Crippen LogP contribution in [0, 0.1) is 11.8 Å². The second-order valence-corrected chi connectivity index (χ2v) is 6.10. The lowest BCUT2D eigenvalue weighted by Gasteiger charge is -2.22. The molecule has 1 N–H and O–H groups in total. The highest BCUT2D eigenvalue weighted by molar-refractivity contribution is 4.88. The smallest absolute Gasteiger partial charge is 0.0507 e. The quantitative estimate of drug-likeness (QED) is 0.648. The van der Waals surface area contributed by atoms with E-state index in [0.29, 0.717) is 0 Å². The van der Waals surface area contributed by atoms with Crippen LogP contribution in [0.2, 0.25) is 0 Å². The van der Waals surface area contributed by atoms with Crippen LogP contribution in [0.15, 0.2) is 0 Å². The SMILES string of the molecule is C(CN(CC1CC1)C1CC1)NCC1CCOC1. The minimum absolute atomic E-state index is 0.771. The van der Waals surface area contributed by atoms with E-state index < -0.39 is 0 Å². The van der Waals surface area contributed by atoms with Gasteiger partial charge in [-0.05, 0) is 43.9 Å². The summed E-state index contributed by atoms with van der Waals surface area (Å²) in [5.74, 6) is 1.81. The van der Waals surface area contributed by atoms with Crippen molar-refractivity contribution in [2.24, 2.45) is 11.8 Å². The van der Waals surface area contributed by atoms with Gasteiger partial charge in [0, 0.05) is 38.8 Å². The Labute approximate surface area is 105 Å². The van der Waals surface area contributed by atoms with Gasteiger partial charge in [-0.3, -0.25) is 4.90 Å². The van der Waals surface area contributed by atoms with Crippen molar-refractivity contribution >= 4 is 0 Å². The van der Waals surface area contributed by atoms with Gasteiger partial charge < -0.3 is 10.1 Å². The summed E-state index contributed by atoms with van der Waals surface area (Å²) in [6.07, 6.45) is 7.11. The van der Waals surface area contributed by atoms with Crippen LogP contribution in [0.3, 0.4) is 0 Å². The van der Waals surface area contributed by atoms with Crippen molar-refractivity contribution in [2.45, 2.75) is 38.1 Å². The molecule has 1 unspecified atom stereocenters. The lowest BCUT2D eigenvalue weighted by molar-refractivity contribution is 0.184. The van der Waals surface area contributed by atoms with Gasteiger partial charge in [-0.1, -0.05) is 0 Å². The van der Waals surface area contributed by atoms with Crippen LogP contribution in [-0.2, 0) is 4.74 Å². The fourth-order valence-corrected chi connectivity index (χ4v) is 2.77. The highest BCUT2D eigenvalue weighted by Gasteiger charge is 2.33. The van der Waals surface area contributed by atoms with Crippen molar-refractivity contribution in [2.75, 3.05) is 39.4 Å². The zero-order valence-electron chi connectivity index (χ0n) is 10.9. The Morgan fingerprint density at radius 1 is 1.06 bits per heavy atom. The molecule has 0 radical (unpaired) electrons. The van der Waals surface area contributed by atoms with Crippen molar-refractivity contribution in [1.82, 2.24) is 10.2 Å². The molecule has 2 saturated carbocycles. The second-order valence-electron chi connectivity index (χ2n) is 6.10. The van der Waals surface area contributed by atoms with Crippen LogP contribution in [0.5, 0.6) is 0 Å². The maximum Gasteiger partial charge on any atom is 0.0507 e. The molecule has 3 fully saturated rings. The summed E-state index contributed by atoms with van der Waals surface area (Å²) in [5, 5.41) is 3.61. The van der Waals surface area contributed by atoms with E-state index >= 15 is 0 Å². The largest absolute Gasteiger partial charge is 0.381 e. The van der Waals surface area contributed by atoms with Crippen LogP contribution in [0.4, 0.5) is 0 Å². The highest BCUT2D eigenvalue weighted by Crippen LogP contribution is 2.34. The summed E-state index contributed by atoms with van der Waals surface area (Å²) in [5.41, 5.74) is 0. The summed E-state index contributed by atoms with van der Waals surface area (Å²) >= 11 is 0. The molecule has 17 heavy (non-hydrogen) atoms. The minimum Gasteiger partial charge on any atom is -0.381 e. The van der Waals surface area contributed by atoms with Crippen molar-refractivity contribution in [3.05, 3.63) is 0 Å². The highest BCUT2D eigenvalue weighted by atomic mass is 16.5. The first kappa shape index (κ1) is 11.9. The predicted octanol–water partition coefficient (Wildman–Crippen LogP) is 1.49. The summed E-state index contributed by atoms with van der Waals surface area (Å²) in [6, 6.07) is 0.937. The molecule has 1 aliphatic heterocycles. The molecular formula is C14H26N2O. The Kier molecular flexibility index (Phi) is 3.99. The number of nitrogens with zero attached hydrogens (tertiary/aromatic N) is 1. The fourth-order valence-electron chi connectivity index (χ4n) is 2.77. The molecule has 2 aliphatic carbocycles. The van der Waals surface area contributed by atoms with Gasteiger partial charge in [-0.15, -0.1) is 0 Å². The van der Waals surface area contributed by atoms with Crippen LogP contribution in [0.25, 0.3) is 0 Å². The molecule has 1 saturated heterocycles. The monoisotopic (exact) mass is 238 g/mol. The Balaban J connectivity index is 1.28. The molecule has 3 rings (SSSR count). The average Bonchev–Trinajstić information content (AvgIpc) is 3.24. The van der Waals surface area contributed by atoms with E-state index in [1.54, 1.807) is 0 Å². The first-order chi connectivity index (χ1) is 8.42. The maximum atomic E-state index is 5.39. The first-order valence-electron chi connectivity index (χ1n) is 7.44. The van der Waals surface area contributed by atoms with E-state index in [9.17, 15) is 0 Å². The van der Waals surface area contributed by atoms with Gasteiger partial charge in [-0.2, -0.15) is 0 Å². The molecule has 0 aromatic carbocycles. The third-order valence-corrected chi connectivity index (χ3v) is 4.29. The molecule has 0 spiro atoms. The van der Waals surface area contributed by atoms with Gasteiger partial charge in [0.15, 0.2) is 0 Å². The van der Waals surface area contributed by atoms with Gasteiger partial charge in [0.1, 0.15) is 0 Å². The molecule has 3 nitrogen and oxygen atoms in total. The van der Waals surface area contributed by atoms with Crippen LogP contribution in [-0.4, -0.2) is 50.3 Å². The zero-order valence-corrected chi connectivity index (χ0v) is 10.9. The number of ether oxygens (including phenoxy) is 1. The van der Waals surface area contributed by atoms with E-state index in [1.165, 1.54) is 51.7 Å². The summed E-state index contributed by atoms with van der Waals surface area (Å²) in [7, 11) is 0. The maximum absolute atomic E-state index is 5.39. The first-order valence-corrected chi connectivity index (χ1v) is 7.44. The Morgan fingerprint density at radius 3 is 2.59 bits per heavy atom. The molecule has 3 aliphatic rings. The van der Waals surface area contributed by atoms with E-state index in [2.05, 4.69) is 10.2 Å². The van der Waals surface area contributed by atoms with Gasteiger partial charge in [0.2, 0.25) is 0 Å². The molecular weight excluding hydrogens is 212 g/mol. The fraction of sp³-hybridized carbons (Fsp3) is 1.00. The molecule has 0 amide bonds. The molecule has 0 aromatic heterocycles. The molecule has 98 valence electrons. The number of rotatable bonds is 8. The number of hydrogen-bond donors (Lipinski definition) is 1. The molecule has 1 heterocycles. The van der Waals surface area contributed by atoms with E-state index in [4.69, 9.17) is 4.74 Å². The molecule has 3 heteroatoms. The molecule has 0 bridgehead atoms. The van der Waals surface area contributed by atoms with E-state index in [-0.39, 0.29) is 0 Å². The van der Waals surface area contributed by atoms with Crippen LogP contribution in [0.1, 0.15) is 32.1 Å². The standard InChI is InChI=1S/C14H26N2O/c1-2-12(1)10-16(14-3-4-14)7-6-15-9-13-5-8-17-11-13/h12-15H,1-11H2. The minimum atomic E-state index is 0.771. The second kappa shape index (κ2) is 5.68. The topological polar surface area (TPSA) is 24.5 Å². The Morgan fingerprint density at radius 2 is 1.94 bits per heavy atom. The van der Waals surface area contributed by atoms with Gasteiger partial charge in [0.05, 0.1) is 6.61 Å². The predicted molar refractivity (Wildman–Crippen MR) is 69.1 cm³/mol. The summed E-state index contributed by atoms with van der Waals surface area (Å²) < 4.78 is 5.39. The van der Waals surface area contributed by atoms with Crippen molar-refractivity contribution in [3.63, 3.8) is 0 Å². The van der Waals surface area contributed by atoms with Crippen LogP contribution >= 0.6 is 0 Å². The normalized spacial score (nSPS) is 29.1. The van der Waals surface area contributed by atoms with Gasteiger partial charge >= 0.3 is 0 Å². The van der Waals surface area contributed by atoms with Crippen molar-refractivity contribution < 1.29 is 4.74 Å². The van der Waals surface area contributed by atoms with E-state index in [0.717, 1.165) is 37.6 Å². The number of hydrogen-bond acceptors (Lipinski definition) is 3. The zero-order chi connectivity index (χ0) is 11.5. The third-order valence-electron chi connectivity index (χ3n) is 4.29. The van der Waals surface area contributed by atoms with Crippen molar-refractivity contribution in [1.29, 1.82) is 0 Å². The van der Waals surface area contributed by atoms with Crippen molar-refractivity contribution in [3.8, 4) is 0 Å². The van der Waals surface area contributed by atoms with E-state index in [1.807, 2.05) is 0 Å². The average molecular weight is 238 g/mol. The van der Waals surface area contributed by atoms with Gasteiger partial charge in [0.25, 0.3) is 0 Å². The third kappa shape index (κ3) is 3.94. The molecule has 0 aromatic rings.